The lowest BCUT2D eigenvalue weighted by Crippen LogP contribution is -2.36. The van der Waals surface area contributed by atoms with E-state index in [2.05, 4.69) is 18.1 Å². The third kappa shape index (κ3) is 6.69. The molecule has 32 heavy (non-hydrogen) atoms. The Bertz CT molecular complexity index is 1090. The summed E-state index contributed by atoms with van der Waals surface area (Å²) in [6, 6.07) is 0. The van der Waals surface area contributed by atoms with Gasteiger partial charge in [-0.25, -0.2) is 18.5 Å². The first kappa shape index (κ1) is 26.6. The second-order valence-corrected chi connectivity index (χ2v) is 10.3. The second kappa shape index (κ2) is 9.32. The van der Waals surface area contributed by atoms with Crippen LogP contribution in [0.3, 0.4) is 0 Å². The van der Waals surface area contributed by atoms with Crippen LogP contribution < -0.4 is 11.4 Å². The summed E-state index contributed by atoms with van der Waals surface area (Å²) in [6.45, 7) is -1.16. The number of aliphatic hydroxyl groups is 2. The Morgan fingerprint density at radius 1 is 1.16 bits per heavy atom. The highest BCUT2D eigenvalue weighted by atomic mass is 31.3. The van der Waals surface area contributed by atoms with Crippen molar-refractivity contribution in [2.24, 2.45) is 0 Å². The molecular weight excluding hydrogens is 513 g/mol. The number of nitrogens with two attached hydrogens (primary N) is 1. The van der Waals surface area contributed by atoms with Gasteiger partial charge in [0.25, 0.3) is 0 Å². The van der Waals surface area contributed by atoms with Crippen molar-refractivity contribution in [3.05, 3.63) is 26.8 Å². The lowest BCUT2D eigenvalue weighted by Gasteiger charge is -2.19. The van der Waals surface area contributed by atoms with Crippen molar-refractivity contribution in [1.29, 1.82) is 0 Å². The van der Waals surface area contributed by atoms with Crippen LogP contribution in [0.4, 0.5) is 11.5 Å². The minimum atomic E-state index is -5.79. The Hall–Kier alpha value is -1.63. The topological polar surface area (TPSA) is 314 Å². The Morgan fingerprint density at radius 2 is 1.75 bits per heavy atom. The van der Waals surface area contributed by atoms with Crippen LogP contribution in [0.5, 0.6) is 0 Å². The van der Waals surface area contributed by atoms with Gasteiger partial charge in [0.2, 0.25) is 5.82 Å². The van der Waals surface area contributed by atoms with E-state index in [1.807, 2.05) is 0 Å². The van der Waals surface area contributed by atoms with Crippen LogP contribution in [0.1, 0.15) is 6.23 Å². The quantitative estimate of drug-likeness (QED) is 0.101. The molecule has 0 saturated carbocycles. The summed E-state index contributed by atoms with van der Waals surface area (Å²) in [6.07, 6.45) is -6.85. The van der Waals surface area contributed by atoms with E-state index in [1.54, 1.807) is 0 Å². The number of nitrogen functional groups attached to an aromatic ring is 1. The summed E-state index contributed by atoms with van der Waals surface area (Å²) in [4.78, 5) is 60.4. The largest absolute Gasteiger partial charge is 0.490 e. The van der Waals surface area contributed by atoms with Crippen molar-refractivity contribution >= 4 is 35.0 Å². The first-order valence-corrected chi connectivity index (χ1v) is 12.3. The normalized spacial score (nSPS) is 27.6. The van der Waals surface area contributed by atoms with Crippen molar-refractivity contribution in [3.63, 3.8) is 0 Å². The molecule has 0 amide bonds. The van der Waals surface area contributed by atoms with Gasteiger partial charge in [-0.05, 0) is 0 Å². The molecule has 1 saturated heterocycles. The molecule has 20 nitrogen and oxygen atoms in total. The molecule has 23 heteroatoms. The number of rotatable bonds is 9. The standard InChI is InChI=1S/C9H15N4O16P3/c10-7-3(13(17)18)1-12(9(16)11-7)8-6(15)5(14)4(27-8)2-26-31(22,23)29-32(24,25)28-30(19,20)21/h1,4-6,8,14-15H,2H2,(H,22,23)(H,24,25)(H2,10,11,16)(H2,19,20,21)/t4-,5-,6-,8-/m1/s1. The maximum absolute atomic E-state index is 12.0. The molecule has 1 fully saturated rings. The SMILES string of the molecule is Nc1nc(=O)n([C@@H]2O[C@H](COP(=O)(O)OP(=O)(O)OP(=O)(O)O)[C@@H](O)[C@H]2O)cc1[N+](=O)[O-]. The Labute approximate surface area is 175 Å². The van der Waals surface area contributed by atoms with E-state index in [9.17, 15) is 43.7 Å². The molecule has 1 aromatic rings. The van der Waals surface area contributed by atoms with E-state index in [4.69, 9.17) is 25.2 Å². The highest BCUT2D eigenvalue weighted by Crippen LogP contribution is 2.66. The minimum absolute atomic E-state index is 0.410. The Kier molecular flexibility index (Phi) is 7.75. The lowest BCUT2D eigenvalue weighted by atomic mass is 10.1. The van der Waals surface area contributed by atoms with E-state index in [0.29, 0.717) is 10.8 Å². The molecule has 0 radical (unpaired) electrons. The highest BCUT2D eigenvalue weighted by Gasteiger charge is 2.47. The van der Waals surface area contributed by atoms with Crippen molar-refractivity contribution in [2.45, 2.75) is 24.5 Å². The van der Waals surface area contributed by atoms with Crippen molar-refractivity contribution in [2.75, 3.05) is 12.3 Å². The molecule has 2 rings (SSSR count). The molecule has 2 heterocycles. The van der Waals surface area contributed by atoms with E-state index in [0.717, 1.165) is 0 Å². The molecule has 6 atom stereocenters. The predicted molar refractivity (Wildman–Crippen MR) is 95.3 cm³/mol. The summed E-state index contributed by atoms with van der Waals surface area (Å²) >= 11 is 0. The fourth-order valence-corrected chi connectivity index (χ4v) is 5.39. The van der Waals surface area contributed by atoms with Gasteiger partial charge in [-0.1, -0.05) is 0 Å². The van der Waals surface area contributed by atoms with Crippen LogP contribution in [0.25, 0.3) is 0 Å². The Morgan fingerprint density at radius 3 is 2.28 bits per heavy atom. The third-order valence-corrected chi connectivity index (χ3v) is 7.39. The summed E-state index contributed by atoms with van der Waals surface area (Å²) in [5.74, 6) is -0.742. The number of nitro groups is 1. The monoisotopic (exact) mass is 528 g/mol. The number of aromatic nitrogens is 2. The molecule has 0 bridgehead atoms. The zero-order valence-electron chi connectivity index (χ0n) is 15.1. The van der Waals surface area contributed by atoms with E-state index < -0.39 is 76.7 Å². The molecule has 8 N–H and O–H groups in total. The van der Waals surface area contributed by atoms with Gasteiger partial charge in [-0.2, -0.15) is 13.6 Å². The smallest absolute Gasteiger partial charge is 0.387 e. The number of ether oxygens (including phenoxy) is 1. The summed E-state index contributed by atoms with van der Waals surface area (Å²) < 4.78 is 50.3. The van der Waals surface area contributed by atoms with Crippen LogP contribution in [-0.4, -0.2) is 69.2 Å². The summed E-state index contributed by atoms with van der Waals surface area (Å²) in [5.41, 5.74) is 3.18. The average Bonchev–Trinajstić information content (AvgIpc) is 2.85. The zero-order chi connectivity index (χ0) is 24.6. The number of hydrogen-bond donors (Lipinski definition) is 7. The lowest BCUT2D eigenvalue weighted by molar-refractivity contribution is -0.384. The van der Waals surface area contributed by atoms with Gasteiger partial charge in [0.15, 0.2) is 6.23 Å². The van der Waals surface area contributed by atoms with E-state index in [-0.39, 0.29) is 0 Å². The van der Waals surface area contributed by atoms with Gasteiger partial charge in [0, 0.05) is 0 Å². The van der Waals surface area contributed by atoms with Gasteiger partial charge < -0.3 is 40.3 Å². The molecule has 0 spiro atoms. The minimum Gasteiger partial charge on any atom is -0.387 e. The van der Waals surface area contributed by atoms with Crippen LogP contribution >= 0.6 is 23.5 Å². The van der Waals surface area contributed by atoms with Gasteiger partial charge in [0.05, 0.1) is 17.7 Å². The maximum Gasteiger partial charge on any atom is 0.490 e. The fourth-order valence-electron chi connectivity index (χ4n) is 2.36. The zero-order valence-corrected chi connectivity index (χ0v) is 17.8. The van der Waals surface area contributed by atoms with Gasteiger partial charge in [-0.15, -0.1) is 0 Å². The first-order valence-electron chi connectivity index (χ1n) is 7.75. The average molecular weight is 528 g/mol. The van der Waals surface area contributed by atoms with E-state index in [1.165, 1.54) is 0 Å². The molecule has 2 unspecified atom stereocenters. The third-order valence-electron chi connectivity index (χ3n) is 3.59. The summed E-state index contributed by atoms with van der Waals surface area (Å²) in [5, 5.41) is 31.0. The Balaban J connectivity index is 2.15. The number of nitrogens with zero attached hydrogens (tertiary/aromatic N) is 3. The van der Waals surface area contributed by atoms with Crippen molar-refractivity contribution in [1.82, 2.24) is 9.55 Å². The molecule has 0 aromatic carbocycles. The molecule has 0 aliphatic carbocycles. The van der Waals surface area contributed by atoms with Crippen LogP contribution in [0, 0.1) is 10.1 Å². The van der Waals surface area contributed by atoms with Gasteiger partial charge in [-0.3, -0.25) is 19.2 Å². The molecular formula is C9H15N4O16P3. The number of phosphoric ester groups is 1. The molecule has 1 aliphatic heterocycles. The predicted octanol–water partition coefficient (Wildman–Crippen LogP) is -2.30. The van der Waals surface area contributed by atoms with E-state index >= 15 is 0 Å². The fraction of sp³-hybridized carbons (Fsp3) is 0.556. The van der Waals surface area contributed by atoms with Crippen molar-refractivity contribution in [3.8, 4) is 0 Å². The maximum atomic E-state index is 12.0. The second-order valence-electron chi connectivity index (χ2n) is 5.89. The first-order chi connectivity index (χ1) is 14.4. The van der Waals surface area contributed by atoms with Crippen LogP contribution in [-0.2, 0) is 31.6 Å². The summed E-state index contributed by atoms with van der Waals surface area (Å²) in [7, 11) is -17.0. The number of phosphoric acid groups is 3. The number of anilines is 1. The number of hydrogen-bond acceptors (Lipinski definition) is 14. The van der Waals surface area contributed by atoms with Gasteiger partial charge >= 0.3 is 34.8 Å². The van der Waals surface area contributed by atoms with Crippen molar-refractivity contribution < 1.29 is 66.3 Å². The highest BCUT2D eigenvalue weighted by molar-refractivity contribution is 7.66. The molecule has 182 valence electrons. The molecule has 1 aliphatic rings. The number of aliphatic hydroxyl groups excluding tert-OH is 2. The van der Waals surface area contributed by atoms with Gasteiger partial charge in [0.1, 0.15) is 18.3 Å². The van der Waals surface area contributed by atoms with Crippen LogP contribution in [0.2, 0.25) is 0 Å². The van der Waals surface area contributed by atoms with Crippen LogP contribution in [0.15, 0.2) is 11.0 Å². The molecule has 1 aromatic heterocycles.